The molecule has 0 amide bonds. The van der Waals surface area contributed by atoms with Gasteiger partial charge in [0.05, 0.1) is 4.90 Å². The molecule has 2 aromatic rings. The van der Waals surface area contributed by atoms with Gasteiger partial charge in [-0.25, -0.2) is 8.42 Å². The molecule has 0 radical (unpaired) electrons. The lowest BCUT2D eigenvalue weighted by atomic mass is 10.2. The van der Waals surface area contributed by atoms with Crippen molar-refractivity contribution >= 4 is 45.6 Å². The summed E-state index contributed by atoms with van der Waals surface area (Å²) in [6.07, 6.45) is 4.16. The number of sulfonamides is 1. The minimum absolute atomic E-state index is 0. The van der Waals surface area contributed by atoms with Gasteiger partial charge in [0, 0.05) is 42.8 Å². The number of halogens is 2. The highest BCUT2D eigenvalue weighted by Gasteiger charge is 2.26. The van der Waals surface area contributed by atoms with Crippen LogP contribution in [0.5, 0.6) is 0 Å². The van der Waals surface area contributed by atoms with Gasteiger partial charge in [-0.05, 0) is 25.1 Å². The molecular weight excluding hydrogens is 345 g/mol. The zero-order valence-electron chi connectivity index (χ0n) is 11.9. The fourth-order valence-electron chi connectivity index (χ4n) is 2.52. The molecule has 0 spiro atoms. The molecule has 22 heavy (non-hydrogen) atoms. The fraction of sp³-hybridized carbons (Fsp3) is 0.357. The van der Waals surface area contributed by atoms with Crippen LogP contribution in [0.4, 0.5) is 0 Å². The second-order valence-electron chi connectivity index (χ2n) is 4.86. The van der Waals surface area contributed by atoms with Crippen molar-refractivity contribution in [2.45, 2.75) is 11.3 Å². The Hall–Kier alpha value is -0.920. The molecule has 1 aliphatic heterocycles. The number of fused-ring (bicyclic) bond motifs is 1. The highest BCUT2D eigenvalue weighted by Crippen LogP contribution is 2.25. The number of aromatic nitrogens is 1. The van der Waals surface area contributed by atoms with Crippen LogP contribution in [0.3, 0.4) is 0 Å². The van der Waals surface area contributed by atoms with E-state index >= 15 is 0 Å². The van der Waals surface area contributed by atoms with E-state index in [2.05, 4.69) is 10.3 Å². The number of hydrogen-bond donors (Lipinski definition) is 1. The van der Waals surface area contributed by atoms with E-state index in [-0.39, 0.29) is 24.8 Å². The number of pyridine rings is 1. The van der Waals surface area contributed by atoms with Crippen LogP contribution >= 0.6 is 24.8 Å². The van der Waals surface area contributed by atoms with E-state index in [9.17, 15) is 8.42 Å². The molecule has 8 heteroatoms. The van der Waals surface area contributed by atoms with Crippen LogP contribution in [-0.2, 0) is 10.0 Å². The summed E-state index contributed by atoms with van der Waals surface area (Å²) in [5.41, 5.74) is 0. The Kier molecular flexibility index (Phi) is 7.02. The molecule has 0 saturated carbocycles. The van der Waals surface area contributed by atoms with Gasteiger partial charge < -0.3 is 5.32 Å². The molecule has 1 saturated heterocycles. The largest absolute Gasteiger partial charge is 0.315 e. The van der Waals surface area contributed by atoms with Crippen molar-refractivity contribution in [3.8, 4) is 0 Å². The molecule has 122 valence electrons. The summed E-state index contributed by atoms with van der Waals surface area (Å²) in [6, 6.07) is 7.09. The third-order valence-electron chi connectivity index (χ3n) is 3.56. The molecule has 1 aromatic carbocycles. The van der Waals surface area contributed by atoms with E-state index in [4.69, 9.17) is 0 Å². The van der Waals surface area contributed by atoms with Crippen molar-refractivity contribution in [3.63, 3.8) is 0 Å². The van der Waals surface area contributed by atoms with E-state index < -0.39 is 10.0 Å². The van der Waals surface area contributed by atoms with Gasteiger partial charge in [0.15, 0.2) is 0 Å². The average molecular weight is 364 g/mol. The Bertz CT molecular complexity index is 712. The molecule has 2 heterocycles. The van der Waals surface area contributed by atoms with Crippen molar-refractivity contribution in [2.75, 3.05) is 26.2 Å². The number of nitrogens with one attached hydrogen (secondary N) is 1. The average Bonchev–Trinajstić information content (AvgIpc) is 2.76. The maximum absolute atomic E-state index is 12.8. The van der Waals surface area contributed by atoms with Gasteiger partial charge >= 0.3 is 0 Å². The van der Waals surface area contributed by atoms with Gasteiger partial charge in [-0.3, -0.25) is 4.98 Å². The first-order valence-corrected chi connectivity index (χ1v) is 8.17. The third kappa shape index (κ3) is 3.70. The molecule has 1 aromatic heterocycles. The highest BCUT2D eigenvalue weighted by molar-refractivity contribution is 7.89. The standard InChI is InChI=1S/C14H17N3O2S.2ClH/c18-20(19,17-9-2-6-15-8-10-17)14-4-1-3-12-11-16-7-5-13(12)14;;/h1,3-5,7,11,15H,2,6,8-10H2;2*1H. The maximum atomic E-state index is 12.8. The molecule has 1 fully saturated rings. The monoisotopic (exact) mass is 363 g/mol. The van der Waals surface area contributed by atoms with Gasteiger partial charge in [0.25, 0.3) is 0 Å². The molecule has 0 unspecified atom stereocenters. The highest BCUT2D eigenvalue weighted by atomic mass is 35.5. The minimum atomic E-state index is -3.45. The van der Waals surface area contributed by atoms with E-state index in [1.807, 2.05) is 6.07 Å². The molecule has 1 aliphatic rings. The molecule has 0 atom stereocenters. The van der Waals surface area contributed by atoms with Crippen molar-refractivity contribution < 1.29 is 8.42 Å². The SMILES string of the molecule is Cl.Cl.O=S(=O)(c1cccc2cnccc12)N1CCCNCC1. The van der Waals surface area contributed by atoms with Crippen molar-refractivity contribution in [1.29, 1.82) is 0 Å². The van der Waals surface area contributed by atoms with Gasteiger partial charge in [0.2, 0.25) is 10.0 Å². The second kappa shape index (κ2) is 8.08. The van der Waals surface area contributed by atoms with E-state index in [1.165, 1.54) is 0 Å². The van der Waals surface area contributed by atoms with E-state index in [0.29, 0.717) is 24.5 Å². The molecule has 3 rings (SSSR count). The van der Waals surface area contributed by atoms with Crippen LogP contribution in [0.25, 0.3) is 10.8 Å². The molecule has 0 bridgehead atoms. The van der Waals surface area contributed by atoms with Crippen LogP contribution in [0, 0.1) is 0 Å². The lowest BCUT2D eigenvalue weighted by molar-refractivity contribution is 0.432. The minimum Gasteiger partial charge on any atom is -0.315 e. The Balaban J connectivity index is 0.00000121. The summed E-state index contributed by atoms with van der Waals surface area (Å²) < 4.78 is 27.2. The van der Waals surface area contributed by atoms with Crippen LogP contribution in [0.2, 0.25) is 0 Å². The maximum Gasteiger partial charge on any atom is 0.243 e. The summed E-state index contributed by atoms with van der Waals surface area (Å²) in [5, 5.41) is 4.81. The van der Waals surface area contributed by atoms with Crippen molar-refractivity contribution in [1.82, 2.24) is 14.6 Å². The first-order valence-electron chi connectivity index (χ1n) is 6.73. The van der Waals surface area contributed by atoms with Crippen LogP contribution < -0.4 is 5.32 Å². The van der Waals surface area contributed by atoms with Gasteiger partial charge in [-0.1, -0.05) is 12.1 Å². The first kappa shape index (κ1) is 19.1. The third-order valence-corrected chi connectivity index (χ3v) is 5.51. The van der Waals surface area contributed by atoms with Crippen molar-refractivity contribution in [3.05, 3.63) is 36.7 Å². The molecule has 5 nitrogen and oxygen atoms in total. The fourth-order valence-corrected chi connectivity index (χ4v) is 4.21. The topological polar surface area (TPSA) is 62.3 Å². The Morgan fingerprint density at radius 3 is 2.73 bits per heavy atom. The van der Waals surface area contributed by atoms with Crippen LogP contribution in [-0.4, -0.2) is 43.9 Å². The summed E-state index contributed by atoms with van der Waals surface area (Å²) in [4.78, 5) is 4.42. The Labute approximate surface area is 143 Å². The Morgan fingerprint density at radius 1 is 1.09 bits per heavy atom. The molecule has 1 N–H and O–H groups in total. The molecular formula is C14H19Cl2N3O2S. The zero-order valence-corrected chi connectivity index (χ0v) is 14.4. The predicted molar refractivity (Wildman–Crippen MR) is 92.5 cm³/mol. The summed E-state index contributed by atoms with van der Waals surface area (Å²) in [6.45, 7) is 2.65. The summed E-state index contributed by atoms with van der Waals surface area (Å²) in [7, 11) is -3.45. The van der Waals surface area contributed by atoms with E-state index in [0.717, 1.165) is 23.7 Å². The summed E-state index contributed by atoms with van der Waals surface area (Å²) in [5.74, 6) is 0. The second-order valence-corrected chi connectivity index (χ2v) is 6.77. The smallest absolute Gasteiger partial charge is 0.243 e. The Morgan fingerprint density at radius 2 is 1.91 bits per heavy atom. The normalized spacial score (nSPS) is 16.4. The lowest BCUT2D eigenvalue weighted by Crippen LogP contribution is -2.34. The van der Waals surface area contributed by atoms with Crippen LogP contribution in [0.1, 0.15) is 6.42 Å². The summed E-state index contributed by atoms with van der Waals surface area (Å²) >= 11 is 0. The van der Waals surface area contributed by atoms with Gasteiger partial charge in [0.1, 0.15) is 0 Å². The lowest BCUT2D eigenvalue weighted by Gasteiger charge is -2.20. The number of hydrogen-bond acceptors (Lipinski definition) is 4. The number of rotatable bonds is 2. The van der Waals surface area contributed by atoms with Crippen molar-refractivity contribution in [2.24, 2.45) is 0 Å². The van der Waals surface area contributed by atoms with Gasteiger partial charge in [-0.2, -0.15) is 4.31 Å². The quantitative estimate of drug-likeness (QED) is 0.886. The van der Waals surface area contributed by atoms with E-state index in [1.54, 1.807) is 34.9 Å². The number of nitrogens with zero attached hydrogens (tertiary/aromatic N) is 2. The molecule has 0 aliphatic carbocycles. The van der Waals surface area contributed by atoms with Crippen LogP contribution in [0.15, 0.2) is 41.6 Å². The van der Waals surface area contributed by atoms with Gasteiger partial charge in [-0.15, -0.1) is 24.8 Å². The predicted octanol–water partition coefficient (Wildman–Crippen LogP) is 2.06. The first-order chi connectivity index (χ1) is 9.69. The number of benzene rings is 1. The zero-order chi connectivity index (χ0) is 14.0.